The topological polar surface area (TPSA) is 0 Å². The van der Waals surface area contributed by atoms with Crippen LogP contribution in [0.15, 0.2) is 96.1 Å². The summed E-state index contributed by atoms with van der Waals surface area (Å²) in [5.74, 6) is 1.04. The molecule has 0 nitrogen and oxygen atoms in total. The smallest absolute Gasteiger partial charge is 1.00 e. The van der Waals surface area contributed by atoms with Crippen molar-refractivity contribution in [3.8, 4) is 22.3 Å². The normalized spacial score (nSPS) is 17.3. The first-order chi connectivity index (χ1) is 25.4. The zero-order valence-electron chi connectivity index (χ0n) is 34.2. The number of halogens is 2. The van der Waals surface area contributed by atoms with E-state index >= 15 is 0 Å². The van der Waals surface area contributed by atoms with Gasteiger partial charge in [0.2, 0.25) is 0 Å². The van der Waals surface area contributed by atoms with Gasteiger partial charge in [0.25, 0.3) is 0 Å². The molecule has 3 aliphatic rings. The summed E-state index contributed by atoms with van der Waals surface area (Å²) < 4.78 is 4.18. The molecule has 2 atom stereocenters. The van der Waals surface area contributed by atoms with E-state index in [1.54, 1.807) is 44.5 Å². The fourth-order valence-corrected chi connectivity index (χ4v) is 29.4. The predicted molar refractivity (Wildman–Crippen MR) is 228 cm³/mol. The first kappa shape index (κ1) is 40.0. The zero-order valence-corrected chi connectivity index (χ0v) is 38.2. The van der Waals surface area contributed by atoms with Crippen LogP contribution < -0.4 is 24.8 Å². The second-order valence-electron chi connectivity index (χ2n) is 17.5. The fraction of sp³-hybridized carbons (Fsp3) is 0.308. The molecule has 2 unspecified atom stereocenters. The molecular formula is C52H54Cl2Zr. The Hall–Kier alpha value is -3.22. The maximum atomic E-state index is 2.72. The van der Waals surface area contributed by atoms with Gasteiger partial charge in [-0.3, -0.25) is 0 Å². The molecule has 1 saturated heterocycles. The van der Waals surface area contributed by atoms with Gasteiger partial charge in [-0.25, -0.2) is 0 Å². The van der Waals surface area contributed by atoms with Gasteiger partial charge < -0.3 is 24.8 Å². The molecule has 1 aliphatic heterocycles. The molecule has 2 aliphatic carbocycles. The summed E-state index contributed by atoms with van der Waals surface area (Å²) in [6.07, 6.45) is 5.43. The van der Waals surface area contributed by atoms with E-state index in [0.29, 0.717) is 19.1 Å². The molecule has 0 N–H and O–H groups in total. The first-order valence-electron chi connectivity index (χ1n) is 20.1. The number of hydrogen-bond donors (Lipinski definition) is 0. The number of hydrogen-bond acceptors (Lipinski definition) is 0. The standard InChI is InChI=1S/2C25H25.C2H4.2ClH.Zr/c2*1-15(2)22-13-23-17(4)16(3)18(5)25(24(23)14-22)21-11-10-19-8-6-7-9-20(19)12-21;1-2;;;/h2*6-15H,1-5H3;1-2H2;2*1H;/q;;;;;+2/p-2. The van der Waals surface area contributed by atoms with Crippen molar-refractivity contribution in [2.75, 3.05) is 0 Å². The van der Waals surface area contributed by atoms with Crippen molar-refractivity contribution in [1.82, 2.24) is 0 Å². The molecule has 6 aromatic carbocycles. The third kappa shape index (κ3) is 6.01. The number of fused-ring (bicyclic) bond motifs is 4. The Morgan fingerprint density at radius 1 is 0.455 bits per heavy atom. The Morgan fingerprint density at radius 3 is 1.16 bits per heavy atom. The van der Waals surface area contributed by atoms with Gasteiger partial charge in [0.1, 0.15) is 0 Å². The summed E-state index contributed by atoms with van der Waals surface area (Å²) in [6.45, 7) is 24.4. The minimum atomic E-state index is -3.04. The van der Waals surface area contributed by atoms with Crippen molar-refractivity contribution in [2.45, 2.75) is 84.7 Å². The van der Waals surface area contributed by atoms with E-state index in [0.717, 1.165) is 0 Å². The Bertz CT molecular complexity index is 2420. The molecule has 280 valence electrons. The van der Waals surface area contributed by atoms with E-state index in [4.69, 9.17) is 0 Å². The van der Waals surface area contributed by atoms with E-state index in [1.807, 2.05) is 0 Å². The first-order valence-corrected chi connectivity index (χ1v) is 26.4. The van der Waals surface area contributed by atoms with Crippen molar-refractivity contribution in [1.29, 1.82) is 0 Å². The van der Waals surface area contributed by atoms with E-state index in [2.05, 4.69) is 166 Å². The molecule has 1 fully saturated rings. The van der Waals surface area contributed by atoms with Gasteiger partial charge in [0.15, 0.2) is 0 Å². The van der Waals surface area contributed by atoms with E-state index in [9.17, 15) is 0 Å². The van der Waals surface area contributed by atoms with Gasteiger partial charge in [-0.15, -0.1) is 0 Å². The average molecular weight is 841 g/mol. The molecule has 6 aromatic rings. The maximum Gasteiger partial charge on any atom is -1.00 e. The summed E-state index contributed by atoms with van der Waals surface area (Å²) in [7, 11) is 0. The fourth-order valence-electron chi connectivity index (χ4n) is 10.9. The minimum absolute atomic E-state index is 0. The van der Waals surface area contributed by atoms with Gasteiger partial charge in [-0.1, -0.05) is 0 Å². The van der Waals surface area contributed by atoms with E-state index < -0.39 is 20.3 Å². The molecule has 0 radical (unpaired) electrons. The number of benzene rings is 6. The number of allylic oxidation sites excluding steroid dienone is 2. The van der Waals surface area contributed by atoms with Crippen LogP contribution in [-0.4, -0.2) is 0 Å². The molecule has 1 heterocycles. The molecule has 9 rings (SSSR count). The molecule has 55 heavy (non-hydrogen) atoms. The van der Waals surface area contributed by atoms with Crippen LogP contribution >= 0.6 is 0 Å². The van der Waals surface area contributed by atoms with Crippen LogP contribution in [0.5, 0.6) is 0 Å². The number of rotatable bonds is 6. The largest absolute Gasteiger partial charge is 1.00 e. The second-order valence-corrected chi connectivity index (χ2v) is 28.8. The van der Waals surface area contributed by atoms with Gasteiger partial charge in [0.05, 0.1) is 0 Å². The van der Waals surface area contributed by atoms with Crippen LogP contribution in [0.3, 0.4) is 0 Å². The monoisotopic (exact) mass is 838 g/mol. The summed E-state index contributed by atoms with van der Waals surface area (Å²) >= 11 is -3.04. The van der Waals surface area contributed by atoms with Crippen LogP contribution in [0.25, 0.3) is 56.0 Å². The summed E-state index contributed by atoms with van der Waals surface area (Å²) in [5.41, 5.74) is 24.7. The third-order valence-electron chi connectivity index (χ3n) is 14.2. The Labute approximate surface area is 346 Å². The van der Waals surface area contributed by atoms with Crippen molar-refractivity contribution < 1.29 is 45.1 Å². The maximum absolute atomic E-state index is 3.04. The molecule has 0 amide bonds. The SMILES string of the molecule is Cc1c(C)c(-c2ccc3ccccc3c2)c2c(c1C)[CH]([Zr+2]1([CH]3C(C(C)C)=Cc4c(-c5ccc6ccccc6c5)c(C)c(C)c(C)c43)[CH2][CH2]1)C(C(C)C)=C2.[Cl-].[Cl-]. The van der Waals surface area contributed by atoms with Gasteiger partial charge >= 0.3 is 325 Å². The van der Waals surface area contributed by atoms with E-state index in [1.165, 1.54) is 74.3 Å². The molecule has 0 saturated carbocycles. The average Bonchev–Trinajstić information content (AvgIpc) is 3.68. The quantitative estimate of drug-likeness (QED) is 0.157. The summed E-state index contributed by atoms with van der Waals surface area (Å²) in [5, 5.41) is 5.29. The Morgan fingerprint density at radius 2 is 0.818 bits per heavy atom. The summed E-state index contributed by atoms with van der Waals surface area (Å²) in [6, 6.07) is 32.1. The molecule has 0 aromatic heterocycles. The predicted octanol–water partition coefficient (Wildman–Crippen LogP) is 9.08. The van der Waals surface area contributed by atoms with Crippen LogP contribution in [-0.2, 0) is 20.3 Å². The Kier molecular flexibility index (Phi) is 10.6. The van der Waals surface area contributed by atoms with Gasteiger partial charge in [0, 0.05) is 0 Å². The molecular weight excluding hydrogens is 787 g/mol. The Balaban J connectivity index is 0.00000233. The van der Waals surface area contributed by atoms with Crippen molar-refractivity contribution in [3.05, 3.63) is 152 Å². The third-order valence-corrected chi connectivity index (χ3v) is 27.0. The van der Waals surface area contributed by atoms with Crippen molar-refractivity contribution in [3.63, 3.8) is 0 Å². The molecule has 3 heteroatoms. The van der Waals surface area contributed by atoms with Crippen LogP contribution in [0.4, 0.5) is 0 Å². The van der Waals surface area contributed by atoms with Crippen LogP contribution in [0.1, 0.15) is 90.6 Å². The minimum Gasteiger partial charge on any atom is -1.00 e. The van der Waals surface area contributed by atoms with Crippen molar-refractivity contribution in [2.24, 2.45) is 11.8 Å². The van der Waals surface area contributed by atoms with E-state index in [-0.39, 0.29) is 24.8 Å². The van der Waals surface area contributed by atoms with Crippen molar-refractivity contribution >= 4 is 33.7 Å². The molecule has 0 spiro atoms. The second kappa shape index (κ2) is 14.6. The van der Waals surface area contributed by atoms with Gasteiger partial charge in [-0.05, 0) is 0 Å². The van der Waals surface area contributed by atoms with Crippen LogP contribution in [0.2, 0.25) is 8.26 Å². The summed E-state index contributed by atoms with van der Waals surface area (Å²) in [4.78, 5) is 0. The zero-order chi connectivity index (χ0) is 37.1. The van der Waals surface area contributed by atoms with Gasteiger partial charge in [-0.2, -0.15) is 0 Å². The van der Waals surface area contributed by atoms with Crippen LogP contribution in [0, 0.1) is 53.4 Å². The molecule has 0 bridgehead atoms.